The average molecular weight is 277 g/mol. The number of nitrogens with zero attached hydrogens (tertiary/aromatic N) is 3. The number of pyridine rings is 1. The van der Waals surface area contributed by atoms with E-state index in [4.69, 9.17) is 4.52 Å². The van der Waals surface area contributed by atoms with Crippen molar-refractivity contribution >= 4 is 0 Å². The Balaban J connectivity index is 2.03. The molecular weight excluding hydrogens is 271 g/mol. The van der Waals surface area contributed by atoms with E-state index in [1.807, 2.05) is 0 Å². The second kappa shape index (κ2) is 4.76. The first-order valence-electron chi connectivity index (χ1n) is 5.55. The van der Waals surface area contributed by atoms with Crippen molar-refractivity contribution in [2.45, 2.75) is 0 Å². The number of rotatable bonds is 2. The molecule has 0 aliphatic rings. The molecule has 0 radical (unpaired) electrons. The monoisotopic (exact) mass is 277 g/mol. The van der Waals surface area contributed by atoms with E-state index in [9.17, 15) is 13.2 Å². The fourth-order valence-electron chi connectivity index (χ4n) is 1.62. The maximum absolute atomic E-state index is 13.1. The average Bonchev–Trinajstić information content (AvgIpc) is 2.95. The highest BCUT2D eigenvalue weighted by Gasteiger charge is 2.16. The second-order valence-electron chi connectivity index (χ2n) is 3.89. The van der Waals surface area contributed by atoms with Crippen LogP contribution in [0.2, 0.25) is 0 Å². The summed E-state index contributed by atoms with van der Waals surface area (Å²) in [5, 5.41) is 3.66. The first-order valence-corrected chi connectivity index (χ1v) is 5.55. The third-order valence-electron chi connectivity index (χ3n) is 2.55. The highest BCUT2D eigenvalue weighted by atomic mass is 19.2. The Morgan fingerprint density at radius 2 is 1.75 bits per heavy atom. The molecule has 0 aliphatic carbocycles. The van der Waals surface area contributed by atoms with Gasteiger partial charge >= 0.3 is 0 Å². The van der Waals surface area contributed by atoms with Crippen LogP contribution in [0.15, 0.2) is 41.1 Å². The molecule has 0 fully saturated rings. The molecule has 2 heterocycles. The summed E-state index contributed by atoms with van der Waals surface area (Å²) in [5.74, 6) is -4.14. The van der Waals surface area contributed by atoms with Crippen LogP contribution >= 0.6 is 0 Å². The van der Waals surface area contributed by atoms with Crippen LogP contribution in [0, 0.1) is 17.5 Å². The van der Waals surface area contributed by atoms with Crippen molar-refractivity contribution in [2.75, 3.05) is 0 Å². The van der Waals surface area contributed by atoms with Crippen molar-refractivity contribution < 1.29 is 17.7 Å². The van der Waals surface area contributed by atoms with Gasteiger partial charge in [-0.25, -0.2) is 13.2 Å². The Kier molecular flexibility index (Phi) is 2.94. The second-order valence-corrected chi connectivity index (χ2v) is 3.89. The summed E-state index contributed by atoms with van der Waals surface area (Å²) in [6.07, 6.45) is 1.54. The van der Waals surface area contributed by atoms with E-state index in [1.54, 1.807) is 24.4 Å². The Bertz CT molecular complexity index is 736. The molecule has 0 N–H and O–H groups in total. The molecule has 0 bridgehead atoms. The Labute approximate surface area is 110 Å². The maximum Gasteiger partial charge on any atom is 0.258 e. The molecule has 0 saturated heterocycles. The van der Waals surface area contributed by atoms with Gasteiger partial charge in [-0.3, -0.25) is 4.98 Å². The van der Waals surface area contributed by atoms with Crippen LogP contribution in [0.3, 0.4) is 0 Å². The van der Waals surface area contributed by atoms with E-state index in [0.29, 0.717) is 5.69 Å². The van der Waals surface area contributed by atoms with Crippen LogP contribution in [0.1, 0.15) is 0 Å². The van der Waals surface area contributed by atoms with Crippen molar-refractivity contribution in [2.24, 2.45) is 0 Å². The minimum Gasteiger partial charge on any atom is -0.334 e. The van der Waals surface area contributed by atoms with E-state index in [2.05, 4.69) is 15.1 Å². The maximum atomic E-state index is 13.1. The largest absolute Gasteiger partial charge is 0.334 e. The topological polar surface area (TPSA) is 51.8 Å². The van der Waals surface area contributed by atoms with Gasteiger partial charge < -0.3 is 4.52 Å². The first-order chi connectivity index (χ1) is 9.65. The molecule has 100 valence electrons. The highest BCUT2D eigenvalue weighted by molar-refractivity contribution is 5.57. The van der Waals surface area contributed by atoms with Gasteiger partial charge in [-0.05, 0) is 24.3 Å². The highest BCUT2D eigenvalue weighted by Crippen LogP contribution is 2.24. The van der Waals surface area contributed by atoms with Gasteiger partial charge in [-0.1, -0.05) is 11.2 Å². The standard InChI is InChI=1S/C13H6F3N3O/c14-8-5-7(6-9(15)11(8)16)13-18-12(19-20-13)10-3-1-2-4-17-10/h1-6H. The molecule has 2 aromatic heterocycles. The molecule has 0 aliphatic heterocycles. The normalized spacial score (nSPS) is 10.8. The van der Waals surface area contributed by atoms with Crippen molar-refractivity contribution in [1.29, 1.82) is 0 Å². The van der Waals surface area contributed by atoms with E-state index >= 15 is 0 Å². The van der Waals surface area contributed by atoms with Crippen LogP contribution in [0.5, 0.6) is 0 Å². The van der Waals surface area contributed by atoms with Gasteiger partial charge in [0.05, 0.1) is 0 Å². The molecular formula is C13H6F3N3O. The smallest absolute Gasteiger partial charge is 0.258 e. The summed E-state index contributed by atoms with van der Waals surface area (Å²) >= 11 is 0. The number of benzene rings is 1. The minimum absolute atomic E-state index is 0.0453. The fourth-order valence-corrected chi connectivity index (χ4v) is 1.62. The molecule has 20 heavy (non-hydrogen) atoms. The summed E-state index contributed by atoms with van der Waals surface area (Å²) < 4.78 is 44.0. The Morgan fingerprint density at radius 3 is 2.40 bits per heavy atom. The van der Waals surface area contributed by atoms with E-state index in [0.717, 1.165) is 12.1 Å². The van der Waals surface area contributed by atoms with E-state index in [1.165, 1.54) is 0 Å². The van der Waals surface area contributed by atoms with Crippen LogP contribution < -0.4 is 0 Å². The number of hydrogen-bond acceptors (Lipinski definition) is 4. The molecule has 0 unspecified atom stereocenters. The van der Waals surface area contributed by atoms with Gasteiger partial charge in [0.2, 0.25) is 5.82 Å². The summed E-state index contributed by atoms with van der Waals surface area (Å²) in [4.78, 5) is 7.98. The lowest BCUT2D eigenvalue weighted by Crippen LogP contribution is -1.92. The van der Waals surface area contributed by atoms with Gasteiger partial charge in [-0.2, -0.15) is 4.98 Å². The summed E-state index contributed by atoms with van der Waals surface area (Å²) in [6, 6.07) is 6.67. The molecule has 3 rings (SSSR count). The number of halogens is 3. The molecule has 0 amide bonds. The first kappa shape index (κ1) is 12.3. The zero-order valence-electron chi connectivity index (χ0n) is 9.85. The molecule has 7 heteroatoms. The number of hydrogen-bond donors (Lipinski definition) is 0. The lowest BCUT2D eigenvalue weighted by Gasteiger charge is -1.97. The Hall–Kier alpha value is -2.70. The van der Waals surface area contributed by atoms with E-state index < -0.39 is 17.5 Å². The summed E-state index contributed by atoms with van der Waals surface area (Å²) in [5.41, 5.74) is 0.404. The lowest BCUT2D eigenvalue weighted by atomic mass is 10.2. The number of aromatic nitrogens is 3. The van der Waals surface area contributed by atoms with Crippen molar-refractivity contribution in [1.82, 2.24) is 15.1 Å². The molecule has 0 atom stereocenters. The minimum atomic E-state index is -1.54. The summed E-state index contributed by atoms with van der Waals surface area (Å²) in [7, 11) is 0. The van der Waals surface area contributed by atoms with Gasteiger partial charge in [0.15, 0.2) is 17.5 Å². The SMILES string of the molecule is Fc1cc(-c2nc(-c3ccccn3)no2)cc(F)c1F. The quantitative estimate of drug-likeness (QED) is 0.675. The molecule has 4 nitrogen and oxygen atoms in total. The van der Waals surface area contributed by atoms with E-state index in [-0.39, 0.29) is 17.3 Å². The predicted molar refractivity (Wildman–Crippen MR) is 62.8 cm³/mol. The van der Waals surface area contributed by atoms with Crippen molar-refractivity contribution in [3.63, 3.8) is 0 Å². The molecule has 0 saturated carbocycles. The van der Waals surface area contributed by atoms with Crippen molar-refractivity contribution in [3.8, 4) is 23.0 Å². The lowest BCUT2D eigenvalue weighted by molar-refractivity contribution is 0.427. The zero-order chi connectivity index (χ0) is 14.1. The van der Waals surface area contributed by atoms with Crippen LogP contribution in [-0.2, 0) is 0 Å². The van der Waals surface area contributed by atoms with Gasteiger partial charge in [-0.15, -0.1) is 0 Å². The predicted octanol–water partition coefficient (Wildman–Crippen LogP) is 3.22. The van der Waals surface area contributed by atoms with Crippen LogP contribution in [0.25, 0.3) is 23.0 Å². The molecule has 3 aromatic rings. The fraction of sp³-hybridized carbons (Fsp3) is 0. The van der Waals surface area contributed by atoms with Crippen LogP contribution in [0.4, 0.5) is 13.2 Å². The van der Waals surface area contributed by atoms with Gasteiger partial charge in [0.25, 0.3) is 5.89 Å². The van der Waals surface area contributed by atoms with Crippen LogP contribution in [-0.4, -0.2) is 15.1 Å². The molecule has 0 spiro atoms. The van der Waals surface area contributed by atoms with Gasteiger partial charge in [0.1, 0.15) is 5.69 Å². The Morgan fingerprint density at radius 1 is 1.00 bits per heavy atom. The summed E-state index contributed by atoms with van der Waals surface area (Å²) in [6.45, 7) is 0. The third-order valence-corrected chi connectivity index (χ3v) is 2.55. The molecule has 1 aromatic carbocycles. The van der Waals surface area contributed by atoms with Gasteiger partial charge in [0, 0.05) is 11.8 Å². The zero-order valence-corrected chi connectivity index (χ0v) is 9.85. The third kappa shape index (κ3) is 2.13. The van der Waals surface area contributed by atoms with Crippen molar-refractivity contribution in [3.05, 3.63) is 54.0 Å².